The Bertz CT molecular complexity index is 1240. The zero-order chi connectivity index (χ0) is 24.9. The number of benzene rings is 2. The first kappa shape index (κ1) is 25.8. The maximum absolute atomic E-state index is 13.1. The molecule has 0 aromatic heterocycles. The lowest BCUT2D eigenvalue weighted by atomic mass is 10.2. The molecule has 1 saturated heterocycles. The summed E-state index contributed by atoms with van der Waals surface area (Å²) in [5, 5.41) is 2.59. The van der Waals surface area contributed by atoms with Gasteiger partial charge in [0, 0.05) is 13.1 Å². The van der Waals surface area contributed by atoms with Gasteiger partial charge < -0.3 is 14.8 Å². The summed E-state index contributed by atoms with van der Waals surface area (Å²) in [6, 6.07) is 10.6. The molecule has 0 unspecified atom stereocenters. The number of nitrogens with zero attached hydrogens (tertiary/aromatic N) is 2. The summed E-state index contributed by atoms with van der Waals surface area (Å²) in [6.45, 7) is 0.335. The summed E-state index contributed by atoms with van der Waals surface area (Å²) in [5.41, 5.74) is 0.329. The van der Waals surface area contributed by atoms with Crippen molar-refractivity contribution >= 4 is 37.3 Å². The fourth-order valence-electron chi connectivity index (χ4n) is 3.74. The first-order valence-electron chi connectivity index (χ1n) is 10.7. The largest absolute Gasteiger partial charge is 0.495 e. The first-order valence-corrected chi connectivity index (χ1v) is 14.0. The van der Waals surface area contributed by atoms with Gasteiger partial charge >= 0.3 is 0 Å². The van der Waals surface area contributed by atoms with Crippen LogP contribution in [0.4, 0.5) is 11.4 Å². The molecule has 0 spiro atoms. The van der Waals surface area contributed by atoms with E-state index >= 15 is 0 Å². The number of para-hydroxylation sites is 2. The van der Waals surface area contributed by atoms with Crippen LogP contribution in [0.3, 0.4) is 0 Å². The molecule has 1 fully saturated rings. The number of amides is 1. The van der Waals surface area contributed by atoms with Crippen LogP contribution in [0.5, 0.6) is 11.5 Å². The lowest BCUT2D eigenvalue weighted by Crippen LogP contribution is -2.38. The number of rotatable bonds is 9. The molecule has 3 rings (SSSR count). The molecular weight excluding hydrogens is 482 g/mol. The molecule has 0 bridgehead atoms. The van der Waals surface area contributed by atoms with Gasteiger partial charge in [-0.3, -0.25) is 9.10 Å². The van der Waals surface area contributed by atoms with E-state index in [-0.39, 0.29) is 27.8 Å². The molecule has 1 aliphatic rings. The van der Waals surface area contributed by atoms with Gasteiger partial charge in [0.05, 0.1) is 36.7 Å². The van der Waals surface area contributed by atoms with E-state index in [1.165, 1.54) is 42.8 Å². The second kappa shape index (κ2) is 10.6. The standard InChI is InChI=1S/C22H29N3O7S2/c1-31-20-12-11-17(34(29,30)24-13-7-4-8-14-24)15-18(20)23-22(26)16-25(33(3,27)28)19-9-5-6-10-21(19)32-2/h5-6,9-12,15H,4,7-8,13-14,16H2,1-3H3,(H,23,26). The van der Waals surface area contributed by atoms with Crippen LogP contribution >= 0.6 is 0 Å². The van der Waals surface area contributed by atoms with E-state index in [1.54, 1.807) is 18.2 Å². The third-order valence-electron chi connectivity index (χ3n) is 5.44. The fourth-order valence-corrected chi connectivity index (χ4v) is 6.14. The number of sulfonamides is 2. The summed E-state index contributed by atoms with van der Waals surface area (Å²) in [6.07, 6.45) is 3.56. The van der Waals surface area contributed by atoms with Gasteiger partial charge in [-0.2, -0.15) is 4.31 Å². The molecule has 10 nitrogen and oxygen atoms in total. The van der Waals surface area contributed by atoms with Crippen molar-refractivity contribution in [2.24, 2.45) is 0 Å². The third kappa shape index (κ3) is 5.80. The van der Waals surface area contributed by atoms with E-state index < -0.39 is 32.5 Å². The highest BCUT2D eigenvalue weighted by Gasteiger charge is 2.28. The predicted octanol–water partition coefficient (Wildman–Crippen LogP) is 2.28. The van der Waals surface area contributed by atoms with Crippen LogP contribution in [-0.2, 0) is 24.8 Å². The van der Waals surface area contributed by atoms with E-state index in [1.807, 2.05) is 0 Å². The molecule has 1 N–H and O–H groups in total. The molecule has 2 aromatic rings. The summed E-state index contributed by atoms with van der Waals surface area (Å²) in [7, 11) is -4.79. The van der Waals surface area contributed by atoms with E-state index in [0.717, 1.165) is 29.8 Å². The number of anilines is 2. The van der Waals surface area contributed by atoms with Crippen LogP contribution < -0.4 is 19.1 Å². The topological polar surface area (TPSA) is 122 Å². The average molecular weight is 512 g/mol. The van der Waals surface area contributed by atoms with Crippen molar-refractivity contribution in [2.45, 2.75) is 24.2 Å². The van der Waals surface area contributed by atoms with Crippen molar-refractivity contribution in [1.29, 1.82) is 0 Å². The van der Waals surface area contributed by atoms with Crippen LogP contribution in [-0.4, -0.2) is 67.2 Å². The Balaban J connectivity index is 1.89. The van der Waals surface area contributed by atoms with Crippen LogP contribution in [0, 0.1) is 0 Å². The molecule has 34 heavy (non-hydrogen) atoms. The summed E-state index contributed by atoms with van der Waals surface area (Å²) >= 11 is 0. The third-order valence-corrected chi connectivity index (χ3v) is 8.46. The van der Waals surface area contributed by atoms with Crippen LogP contribution in [0.15, 0.2) is 47.4 Å². The molecule has 0 aliphatic carbocycles. The van der Waals surface area contributed by atoms with E-state index in [9.17, 15) is 21.6 Å². The van der Waals surface area contributed by atoms with Gasteiger partial charge in [-0.05, 0) is 43.2 Å². The Hall–Kier alpha value is -2.83. The Kier molecular flexibility index (Phi) is 8.05. The van der Waals surface area contributed by atoms with Crippen molar-refractivity contribution in [1.82, 2.24) is 4.31 Å². The smallest absolute Gasteiger partial charge is 0.245 e. The van der Waals surface area contributed by atoms with Crippen molar-refractivity contribution in [3.05, 3.63) is 42.5 Å². The zero-order valence-electron chi connectivity index (χ0n) is 19.4. The molecule has 12 heteroatoms. The van der Waals surface area contributed by atoms with Gasteiger partial charge in [0.1, 0.15) is 18.0 Å². The number of hydrogen-bond donors (Lipinski definition) is 1. The van der Waals surface area contributed by atoms with Crippen LogP contribution in [0.25, 0.3) is 0 Å². The van der Waals surface area contributed by atoms with E-state index in [4.69, 9.17) is 9.47 Å². The van der Waals surface area contributed by atoms with Gasteiger partial charge in [0.25, 0.3) is 0 Å². The fraction of sp³-hybridized carbons (Fsp3) is 0.409. The number of hydrogen-bond acceptors (Lipinski definition) is 7. The van der Waals surface area contributed by atoms with Gasteiger partial charge in [-0.1, -0.05) is 18.6 Å². The predicted molar refractivity (Wildman–Crippen MR) is 129 cm³/mol. The minimum absolute atomic E-state index is 0.0233. The molecule has 1 aliphatic heterocycles. The number of carbonyl (C=O) groups excluding carboxylic acids is 1. The molecular formula is C22H29N3O7S2. The van der Waals surface area contributed by atoms with Crippen LogP contribution in [0.2, 0.25) is 0 Å². The second-order valence-electron chi connectivity index (χ2n) is 7.82. The minimum atomic E-state index is -3.84. The summed E-state index contributed by atoms with van der Waals surface area (Å²) in [4.78, 5) is 12.9. The quantitative estimate of drug-likeness (QED) is 0.548. The number of methoxy groups -OCH3 is 2. The summed E-state index contributed by atoms with van der Waals surface area (Å²) < 4.78 is 63.9. The van der Waals surface area contributed by atoms with E-state index in [2.05, 4.69) is 5.32 Å². The second-order valence-corrected chi connectivity index (χ2v) is 11.7. The van der Waals surface area contributed by atoms with Gasteiger partial charge in [0.2, 0.25) is 26.0 Å². The van der Waals surface area contributed by atoms with Crippen molar-refractivity contribution < 1.29 is 31.1 Å². The Labute approximate surface area is 200 Å². The molecule has 0 radical (unpaired) electrons. The van der Waals surface area contributed by atoms with Gasteiger partial charge in [0.15, 0.2) is 0 Å². The molecule has 186 valence electrons. The molecule has 0 atom stereocenters. The molecule has 2 aromatic carbocycles. The number of piperidine rings is 1. The van der Waals surface area contributed by atoms with Crippen LogP contribution in [0.1, 0.15) is 19.3 Å². The van der Waals surface area contributed by atoms with Crippen molar-refractivity contribution in [2.75, 3.05) is 49.7 Å². The van der Waals surface area contributed by atoms with E-state index in [0.29, 0.717) is 13.1 Å². The average Bonchev–Trinajstić information content (AvgIpc) is 2.82. The van der Waals surface area contributed by atoms with Crippen molar-refractivity contribution in [3.8, 4) is 11.5 Å². The van der Waals surface area contributed by atoms with Crippen molar-refractivity contribution in [3.63, 3.8) is 0 Å². The number of ether oxygens (including phenoxy) is 2. The molecule has 1 amide bonds. The van der Waals surface area contributed by atoms with Gasteiger partial charge in [-0.25, -0.2) is 16.8 Å². The van der Waals surface area contributed by atoms with Gasteiger partial charge in [-0.15, -0.1) is 0 Å². The lowest BCUT2D eigenvalue weighted by molar-refractivity contribution is -0.114. The maximum Gasteiger partial charge on any atom is 0.245 e. The normalized spacial score (nSPS) is 14.9. The first-order chi connectivity index (χ1) is 16.1. The lowest BCUT2D eigenvalue weighted by Gasteiger charge is -2.26. The number of nitrogens with one attached hydrogen (secondary N) is 1. The summed E-state index contributed by atoms with van der Waals surface area (Å²) in [5.74, 6) is -0.149. The highest BCUT2D eigenvalue weighted by molar-refractivity contribution is 7.92. The SMILES string of the molecule is COc1ccc(S(=O)(=O)N2CCCCC2)cc1NC(=O)CN(c1ccccc1OC)S(C)(=O)=O. The maximum atomic E-state index is 13.1. The Morgan fingerprint density at radius 1 is 0.971 bits per heavy atom. The Morgan fingerprint density at radius 2 is 1.62 bits per heavy atom. The monoisotopic (exact) mass is 511 g/mol. The molecule has 1 heterocycles. The minimum Gasteiger partial charge on any atom is -0.495 e. The highest BCUT2D eigenvalue weighted by Crippen LogP contribution is 2.32. The zero-order valence-corrected chi connectivity index (χ0v) is 21.0. The highest BCUT2D eigenvalue weighted by atomic mass is 32.2. The molecule has 0 saturated carbocycles. The number of carbonyl (C=O) groups is 1. The Morgan fingerprint density at radius 3 is 2.24 bits per heavy atom.